The van der Waals surface area contributed by atoms with Crippen LogP contribution in [0.2, 0.25) is 0 Å². The van der Waals surface area contributed by atoms with Gasteiger partial charge < -0.3 is 15.8 Å². The second kappa shape index (κ2) is 6.48. The molecule has 1 aromatic rings. The van der Waals surface area contributed by atoms with Gasteiger partial charge in [0.25, 0.3) is 0 Å². The Morgan fingerprint density at radius 2 is 2.29 bits per heavy atom. The van der Waals surface area contributed by atoms with E-state index in [2.05, 4.69) is 11.4 Å². The molecule has 1 heterocycles. The molecule has 0 spiro atoms. The highest BCUT2D eigenvalue weighted by molar-refractivity contribution is 5.76. The van der Waals surface area contributed by atoms with Crippen LogP contribution < -0.4 is 11.1 Å². The van der Waals surface area contributed by atoms with Crippen molar-refractivity contribution in [1.82, 2.24) is 5.32 Å². The number of amides is 1. The maximum atomic E-state index is 12.2. The van der Waals surface area contributed by atoms with Crippen LogP contribution in [0.3, 0.4) is 0 Å². The minimum atomic E-state index is 0.154. The van der Waals surface area contributed by atoms with Gasteiger partial charge in [0.05, 0.1) is 6.04 Å². The van der Waals surface area contributed by atoms with Gasteiger partial charge in [0, 0.05) is 25.3 Å². The van der Waals surface area contributed by atoms with E-state index in [9.17, 15) is 4.79 Å². The summed E-state index contributed by atoms with van der Waals surface area (Å²) in [5.74, 6) is 0.728. The highest BCUT2D eigenvalue weighted by Gasteiger charge is 2.23. The van der Waals surface area contributed by atoms with E-state index in [1.807, 2.05) is 12.1 Å². The number of carbonyl (C=O) groups is 1. The summed E-state index contributed by atoms with van der Waals surface area (Å²) in [6.07, 6.45) is 5.83. The van der Waals surface area contributed by atoms with Gasteiger partial charge in [-0.3, -0.25) is 4.79 Å². The predicted molar refractivity (Wildman–Crippen MR) is 82.8 cm³/mol. The Balaban J connectivity index is 1.56. The van der Waals surface area contributed by atoms with Crippen LogP contribution in [-0.4, -0.2) is 19.1 Å². The molecule has 1 saturated heterocycles. The molecule has 4 nitrogen and oxygen atoms in total. The molecule has 21 heavy (non-hydrogen) atoms. The van der Waals surface area contributed by atoms with Crippen molar-refractivity contribution in [3.8, 4) is 0 Å². The van der Waals surface area contributed by atoms with Crippen LogP contribution in [-0.2, 0) is 16.0 Å². The summed E-state index contributed by atoms with van der Waals surface area (Å²) in [6.45, 7) is 1.67. The minimum absolute atomic E-state index is 0.154. The number of rotatable bonds is 4. The van der Waals surface area contributed by atoms with Gasteiger partial charge in [-0.1, -0.05) is 6.07 Å². The van der Waals surface area contributed by atoms with Gasteiger partial charge in [0.2, 0.25) is 5.91 Å². The molecule has 3 rings (SSSR count). The van der Waals surface area contributed by atoms with Gasteiger partial charge >= 0.3 is 0 Å². The SMILES string of the molecule is Nc1ccc2c(c1)CCCC2NC(=O)CCC1CCOC1. The fourth-order valence-electron chi connectivity index (χ4n) is 3.40. The molecule has 114 valence electrons. The molecule has 1 aliphatic heterocycles. The molecular formula is C17H24N2O2. The molecule has 1 aliphatic carbocycles. The van der Waals surface area contributed by atoms with Crippen LogP contribution in [0.5, 0.6) is 0 Å². The predicted octanol–water partition coefficient (Wildman–Crippen LogP) is 2.58. The van der Waals surface area contributed by atoms with Crippen molar-refractivity contribution in [3.63, 3.8) is 0 Å². The average Bonchev–Trinajstić information content (AvgIpc) is 2.98. The lowest BCUT2D eigenvalue weighted by Gasteiger charge is -2.27. The first kappa shape index (κ1) is 14.4. The van der Waals surface area contributed by atoms with Crippen molar-refractivity contribution in [2.24, 2.45) is 5.92 Å². The zero-order valence-corrected chi connectivity index (χ0v) is 12.4. The largest absolute Gasteiger partial charge is 0.399 e. The first-order chi connectivity index (χ1) is 10.2. The van der Waals surface area contributed by atoms with E-state index in [0.29, 0.717) is 12.3 Å². The van der Waals surface area contributed by atoms with E-state index < -0.39 is 0 Å². The summed E-state index contributed by atoms with van der Waals surface area (Å²) in [5, 5.41) is 3.20. The van der Waals surface area contributed by atoms with Gasteiger partial charge in [-0.2, -0.15) is 0 Å². The lowest BCUT2D eigenvalue weighted by atomic mass is 9.87. The van der Waals surface area contributed by atoms with Crippen LogP contribution in [0.25, 0.3) is 0 Å². The molecule has 0 radical (unpaired) electrons. The van der Waals surface area contributed by atoms with Crippen molar-refractivity contribution >= 4 is 11.6 Å². The van der Waals surface area contributed by atoms with Crippen LogP contribution in [0.4, 0.5) is 5.69 Å². The van der Waals surface area contributed by atoms with Gasteiger partial charge in [-0.15, -0.1) is 0 Å². The quantitative estimate of drug-likeness (QED) is 0.837. The van der Waals surface area contributed by atoms with E-state index in [-0.39, 0.29) is 11.9 Å². The van der Waals surface area contributed by atoms with Gasteiger partial charge in [0.15, 0.2) is 0 Å². The number of anilines is 1. The first-order valence-corrected chi connectivity index (χ1v) is 7.98. The van der Waals surface area contributed by atoms with Crippen LogP contribution in [0.15, 0.2) is 18.2 Å². The summed E-state index contributed by atoms with van der Waals surface area (Å²) in [5.41, 5.74) is 9.19. The van der Waals surface area contributed by atoms with E-state index in [1.165, 1.54) is 11.1 Å². The third kappa shape index (κ3) is 3.56. The van der Waals surface area contributed by atoms with Crippen LogP contribution >= 0.6 is 0 Å². The number of benzene rings is 1. The van der Waals surface area contributed by atoms with Crippen molar-refractivity contribution in [3.05, 3.63) is 29.3 Å². The fourth-order valence-corrected chi connectivity index (χ4v) is 3.40. The number of hydrogen-bond acceptors (Lipinski definition) is 3. The molecule has 0 aromatic heterocycles. The third-order valence-electron chi connectivity index (χ3n) is 4.62. The standard InChI is InChI=1S/C17H24N2O2/c18-14-5-6-15-13(10-14)2-1-3-16(15)19-17(20)7-4-12-8-9-21-11-12/h5-6,10,12,16H,1-4,7-9,11,18H2,(H,19,20). The number of ether oxygens (including phenoxy) is 1. The summed E-state index contributed by atoms with van der Waals surface area (Å²) in [6, 6.07) is 6.20. The molecule has 1 aromatic carbocycles. The molecule has 3 N–H and O–H groups in total. The number of nitrogens with two attached hydrogens (primary N) is 1. The van der Waals surface area contributed by atoms with Crippen molar-refractivity contribution < 1.29 is 9.53 Å². The number of nitrogens with one attached hydrogen (secondary N) is 1. The van der Waals surface area contributed by atoms with Gasteiger partial charge in [0.1, 0.15) is 0 Å². The van der Waals surface area contributed by atoms with E-state index >= 15 is 0 Å². The smallest absolute Gasteiger partial charge is 0.220 e. The summed E-state index contributed by atoms with van der Waals surface area (Å²) in [4.78, 5) is 12.2. The molecule has 0 saturated carbocycles. The van der Waals surface area contributed by atoms with E-state index in [4.69, 9.17) is 10.5 Å². The Morgan fingerprint density at radius 1 is 1.38 bits per heavy atom. The number of nitrogen functional groups attached to an aromatic ring is 1. The lowest BCUT2D eigenvalue weighted by molar-refractivity contribution is -0.122. The Kier molecular flexibility index (Phi) is 4.44. The Hall–Kier alpha value is -1.55. The average molecular weight is 288 g/mol. The second-order valence-corrected chi connectivity index (χ2v) is 6.24. The number of carbonyl (C=O) groups excluding carboxylic acids is 1. The van der Waals surface area contributed by atoms with Crippen molar-refractivity contribution in [1.29, 1.82) is 0 Å². The Labute approximate surface area is 126 Å². The zero-order valence-electron chi connectivity index (χ0n) is 12.4. The molecule has 2 unspecified atom stereocenters. The van der Waals surface area contributed by atoms with Gasteiger partial charge in [-0.25, -0.2) is 0 Å². The molecule has 2 aliphatic rings. The normalized spacial score (nSPS) is 24.6. The molecule has 4 heteroatoms. The fraction of sp³-hybridized carbons (Fsp3) is 0.588. The first-order valence-electron chi connectivity index (χ1n) is 7.98. The summed E-state index contributed by atoms with van der Waals surface area (Å²) in [7, 11) is 0. The molecule has 2 atom stereocenters. The Morgan fingerprint density at radius 3 is 3.10 bits per heavy atom. The van der Waals surface area contributed by atoms with Crippen molar-refractivity contribution in [2.75, 3.05) is 18.9 Å². The summed E-state index contributed by atoms with van der Waals surface area (Å²) < 4.78 is 5.35. The number of fused-ring (bicyclic) bond motifs is 1. The third-order valence-corrected chi connectivity index (χ3v) is 4.62. The maximum Gasteiger partial charge on any atom is 0.220 e. The topological polar surface area (TPSA) is 64.3 Å². The molecular weight excluding hydrogens is 264 g/mol. The van der Waals surface area contributed by atoms with E-state index in [0.717, 1.165) is 51.0 Å². The number of hydrogen-bond donors (Lipinski definition) is 2. The molecule has 1 amide bonds. The highest BCUT2D eigenvalue weighted by Crippen LogP contribution is 2.31. The molecule has 0 bridgehead atoms. The van der Waals surface area contributed by atoms with E-state index in [1.54, 1.807) is 0 Å². The monoisotopic (exact) mass is 288 g/mol. The maximum absolute atomic E-state index is 12.2. The minimum Gasteiger partial charge on any atom is -0.399 e. The van der Waals surface area contributed by atoms with Gasteiger partial charge in [-0.05, 0) is 61.3 Å². The second-order valence-electron chi connectivity index (χ2n) is 6.24. The zero-order chi connectivity index (χ0) is 14.7. The van der Waals surface area contributed by atoms with Crippen LogP contribution in [0, 0.1) is 5.92 Å². The van der Waals surface area contributed by atoms with Crippen molar-refractivity contribution in [2.45, 2.75) is 44.6 Å². The highest BCUT2D eigenvalue weighted by atomic mass is 16.5. The number of aryl methyl sites for hydroxylation is 1. The van der Waals surface area contributed by atoms with Crippen LogP contribution in [0.1, 0.15) is 49.3 Å². The Bertz CT molecular complexity index is 510. The molecule has 1 fully saturated rings. The summed E-state index contributed by atoms with van der Waals surface area (Å²) >= 11 is 0. The lowest BCUT2D eigenvalue weighted by Crippen LogP contribution is -2.31.